The van der Waals surface area contributed by atoms with E-state index >= 15 is 0 Å². The summed E-state index contributed by atoms with van der Waals surface area (Å²) in [7, 11) is 0. The molecule has 0 fully saturated rings. The highest BCUT2D eigenvalue weighted by Gasteiger charge is 2.24. The summed E-state index contributed by atoms with van der Waals surface area (Å²) in [5, 5.41) is 21.9. The van der Waals surface area contributed by atoms with Gasteiger partial charge in [0.05, 0.1) is 33.7 Å². The van der Waals surface area contributed by atoms with Gasteiger partial charge in [-0.3, -0.25) is 4.57 Å². The summed E-state index contributed by atoms with van der Waals surface area (Å²) in [5.74, 6) is 0.920. The molecule has 2 aromatic heterocycles. The number of fused-ring (bicyclic) bond motifs is 4. The normalized spacial score (nSPS) is 11.8. The molecular formula is C64H38N4. The average molecular weight is 863 g/mol. The zero-order chi connectivity index (χ0) is 44.9. The van der Waals surface area contributed by atoms with Gasteiger partial charge in [0.25, 0.3) is 0 Å². The van der Waals surface area contributed by atoms with Gasteiger partial charge < -0.3 is 4.57 Å². The van der Waals surface area contributed by atoms with E-state index in [1.54, 1.807) is 0 Å². The Balaban J connectivity index is 0.954. The van der Waals surface area contributed by atoms with Crippen molar-refractivity contribution >= 4 is 75.9 Å². The van der Waals surface area contributed by atoms with E-state index in [2.05, 4.69) is 234 Å². The van der Waals surface area contributed by atoms with E-state index in [1.165, 1.54) is 70.9 Å². The van der Waals surface area contributed by atoms with Crippen LogP contribution in [0.3, 0.4) is 0 Å². The first-order valence-corrected chi connectivity index (χ1v) is 23.1. The average Bonchev–Trinajstić information content (AvgIpc) is 3.97. The zero-order valence-electron chi connectivity index (χ0n) is 36.7. The monoisotopic (exact) mass is 862 g/mol. The molecule has 4 heteroatoms. The molecule has 0 amide bonds. The quantitative estimate of drug-likeness (QED) is 0.123. The van der Waals surface area contributed by atoms with Gasteiger partial charge in [-0.05, 0) is 126 Å². The van der Waals surface area contributed by atoms with E-state index in [0.29, 0.717) is 5.56 Å². The third-order valence-corrected chi connectivity index (χ3v) is 14.2. The Kier molecular flexibility index (Phi) is 8.31. The molecule has 4 nitrogen and oxygen atoms in total. The molecule has 14 rings (SSSR count). The SMILES string of the molecule is N#Cc1ccc2c3c1ccc1c(-c4c5ccccc5c(-c5ccc(-c6ccc(-c7nc8ccccc8n7-c7ccccc7)cc6)c6ccccc56)c5ccccc45)ccc(c13)n2-c1ccccc1. The Labute approximate surface area is 391 Å². The number of para-hydroxylation sites is 4. The maximum Gasteiger partial charge on any atom is 0.145 e. The number of nitrogens with zero attached hydrogens (tertiary/aromatic N) is 4. The molecule has 0 radical (unpaired) electrons. The van der Waals surface area contributed by atoms with Crippen molar-refractivity contribution in [3.05, 3.63) is 236 Å². The zero-order valence-corrected chi connectivity index (χ0v) is 36.7. The van der Waals surface area contributed by atoms with Gasteiger partial charge in [-0.1, -0.05) is 176 Å². The molecule has 68 heavy (non-hydrogen) atoms. The minimum Gasteiger partial charge on any atom is -0.309 e. The molecule has 0 atom stereocenters. The van der Waals surface area contributed by atoms with Gasteiger partial charge in [-0.2, -0.15) is 5.26 Å². The number of nitriles is 1. The van der Waals surface area contributed by atoms with Crippen LogP contribution in [-0.4, -0.2) is 14.1 Å². The molecule has 0 bridgehead atoms. The molecule has 314 valence electrons. The molecule has 0 spiro atoms. The summed E-state index contributed by atoms with van der Waals surface area (Å²) in [6, 6.07) is 85.2. The fourth-order valence-electron chi connectivity index (χ4n) is 11.3. The molecule has 0 aliphatic heterocycles. The van der Waals surface area contributed by atoms with Crippen molar-refractivity contribution in [2.24, 2.45) is 0 Å². The van der Waals surface area contributed by atoms with Crippen molar-refractivity contribution in [1.82, 2.24) is 14.1 Å². The van der Waals surface area contributed by atoms with Gasteiger partial charge in [0.15, 0.2) is 0 Å². The smallest absolute Gasteiger partial charge is 0.145 e. The Hall–Kier alpha value is -9.30. The van der Waals surface area contributed by atoms with Crippen LogP contribution in [-0.2, 0) is 0 Å². The lowest BCUT2D eigenvalue weighted by Crippen LogP contribution is -1.97. The van der Waals surface area contributed by atoms with Crippen LogP contribution in [0.15, 0.2) is 231 Å². The van der Waals surface area contributed by atoms with Crippen molar-refractivity contribution in [1.29, 1.82) is 5.26 Å². The lowest BCUT2D eigenvalue weighted by molar-refractivity contribution is 1.10. The second kappa shape index (κ2) is 14.9. The second-order valence-corrected chi connectivity index (χ2v) is 17.7. The van der Waals surface area contributed by atoms with E-state index in [0.717, 1.165) is 61.2 Å². The van der Waals surface area contributed by atoms with Crippen LogP contribution in [0, 0.1) is 11.3 Å². The summed E-state index contributed by atoms with van der Waals surface area (Å²) >= 11 is 0. The maximum absolute atomic E-state index is 10.3. The van der Waals surface area contributed by atoms with Crippen LogP contribution in [0.5, 0.6) is 0 Å². The van der Waals surface area contributed by atoms with Crippen molar-refractivity contribution in [3.63, 3.8) is 0 Å². The summed E-state index contributed by atoms with van der Waals surface area (Å²) in [6.07, 6.45) is 0. The van der Waals surface area contributed by atoms with Gasteiger partial charge in [0.2, 0.25) is 0 Å². The van der Waals surface area contributed by atoms with Crippen molar-refractivity contribution in [2.75, 3.05) is 0 Å². The van der Waals surface area contributed by atoms with Crippen LogP contribution in [0.1, 0.15) is 5.56 Å². The van der Waals surface area contributed by atoms with E-state index in [4.69, 9.17) is 4.98 Å². The van der Waals surface area contributed by atoms with Crippen LogP contribution in [0.2, 0.25) is 0 Å². The third kappa shape index (κ3) is 5.51. The number of imidazole rings is 1. The lowest BCUT2D eigenvalue weighted by Gasteiger charge is -2.20. The predicted molar refractivity (Wildman–Crippen MR) is 283 cm³/mol. The lowest BCUT2D eigenvalue weighted by atomic mass is 9.82. The Bertz CT molecular complexity index is 4300. The number of hydrogen-bond donors (Lipinski definition) is 0. The van der Waals surface area contributed by atoms with E-state index < -0.39 is 0 Å². The Morgan fingerprint density at radius 1 is 0.324 bits per heavy atom. The molecule has 0 aliphatic carbocycles. The minimum atomic E-state index is 0.688. The summed E-state index contributed by atoms with van der Waals surface area (Å²) in [4.78, 5) is 5.14. The topological polar surface area (TPSA) is 46.5 Å². The highest BCUT2D eigenvalue weighted by molar-refractivity contribution is 6.31. The first-order chi connectivity index (χ1) is 33.7. The van der Waals surface area contributed by atoms with E-state index in [9.17, 15) is 5.26 Å². The second-order valence-electron chi connectivity index (χ2n) is 17.7. The van der Waals surface area contributed by atoms with Gasteiger partial charge in [0.1, 0.15) is 5.82 Å². The largest absolute Gasteiger partial charge is 0.309 e. The molecule has 0 aliphatic rings. The summed E-state index contributed by atoms with van der Waals surface area (Å²) in [6.45, 7) is 0. The molecule has 0 N–H and O–H groups in total. The van der Waals surface area contributed by atoms with Gasteiger partial charge >= 0.3 is 0 Å². The Morgan fingerprint density at radius 3 is 1.41 bits per heavy atom. The Morgan fingerprint density at radius 2 is 0.779 bits per heavy atom. The van der Waals surface area contributed by atoms with Crippen LogP contribution >= 0.6 is 0 Å². The minimum absolute atomic E-state index is 0.688. The molecule has 0 unspecified atom stereocenters. The fraction of sp³-hybridized carbons (Fsp3) is 0. The van der Waals surface area contributed by atoms with Crippen LogP contribution < -0.4 is 0 Å². The van der Waals surface area contributed by atoms with E-state index in [1.807, 2.05) is 12.1 Å². The van der Waals surface area contributed by atoms with Crippen molar-refractivity contribution in [2.45, 2.75) is 0 Å². The number of rotatable bonds is 6. The molecule has 12 aromatic carbocycles. The summed E-state index contributed by atoms with van der Waals surface area (Å²) < 4.78 is 4.60. The molecule has 14 aromatic rings. The standard InChI is InChI=1S/C64H38N4/c65-39-42-31-37-58-62-46(42)33-35-55-54(36-38-59(63(55)62)67(58)43-15-3-1-4-16-43)61-51-23-11-9-21-49(51)60(50-22-10-12-24-52(50)61)53-34-32-45(47-19-7-8-20-48(47)53)40-27-29-41(30-28-40)64-66-56-25-13-14-26-57(56)68(64)44-17-5-2-6-18-44/h1-38H. The number of benzene rings is 12. The fourth-order valence-corrected chi connectivity index (χ4v) is 11.3. The first kappa shape index (κ1) is 38.0. The molecule has 2 heterocycles. The van der Waals surface area contributed by atoms with Crippen molar-refractivity contribution < 1.29 is 0 Å². The molecule has 0 saturated carbocycles. The molecular weight excluding hydrogens is 825 g/mol. The van der Waals surface area contributed by atoms with Crippen molar-refractivity contribution in [3.8, 4) is 62.2 Å². The van der Waals surface area contributed by atoms with Crippen LogP contribution in [0.4, 0.5) is 0 Å². The van der Waals surface area contributed by atoms with E-state index in [-0.39, 0.29) is 0 Å². The van der Waals surface area contributed by atoms with Gasteiger partial charge in [-0.15, -0.1) is 0 Å². The first-order valence-electron chi connectivity index (χ1n) is 23.1. The number of aromatic nitrogens is 3. The number of hydrogen-bond acceptors (Lipinski definition) is 2. The molecule has 0 saturated heterocycles. The summed E-state index contributed by atoms with van der Waals surface area (Å²) in [5.41, 5.74) is 15.4. The third-order valence-electron chi connectivity index (χ3n) is 14.2. The van der Waals surface area contributed by atoms with Gasteiger partial charge in [0, 0.05) is 33.1 Å². The highest BCUT2D eigenvalue weighted by atomic mass is 15.1. The van der Waals surface area contributed by atoms with Gasteiger partial charge in [-0.25, -0.2) is 4.98 Å². The predicted octanol–water partition coefficient (Wildman–Crippen LogP) is 16.7. The highest BCUT2D eigenvalue weighted by Crippen LogP contribution is 2.50. The van der Waals surface area contributed by atoms with Crippen LogP contribution in [0.25, 0.3) is 132 Å². The maximum atomic E-state index is 10.3.